The Morgan fingerprint density at radius 3 is 2.41 bits per heavy atom. The van der Waals surface area contributed by atoms with Gasteiger partial charge in [-0.1, -0.05) is 63.1 Å². The van der Waals surface area contributed by atoms with Gasteiger partial charge in [0.25, 0.3) is 0 Å². The first kappa shape index (κ1) is 23.2. The standard InChI is InChI=1S/C23H24ClNO3.Cr/c1-4-7-19-21(22(26)14(2)3)17-11-10-15(23(27)28)12-20(17)25(19)13-16-8-5-6-9-18(16)24;/h5-6,8-12,14H,4,7,13H2,1-3H3,(H,27,28);. The second-order valence-electron chi connectivity index (χ2n) is 7.31. The average Bonchev–Trinajstić information content (AvgIpc) is 2.95. The van der Waals surface area contributed by atoms with E-state index >= 15 is 0 Å². The zero-order valence-corrected chi connectivity index (χ0v) is 18.8. The van der Waals surface area contributed by atoms with Crippen LogP contribution in [0.3, 0.4) is 0 Å². The monoisotopic (exact) mass is 449 g/mol. The molecule has 1 aromatic heterocycles. The van der Waals surface area contributed by atoms with E-state index in [4.69, 9.17) is 11.6 Å². The Labute approximate surface area is 186 Å². The van der Waals surface area contributed by atoms with Gasteiger partial charge in [0.2, 0.25) is 0 Å². The van der Waals surface area contributed by atoms with Crippen molar-refractivity contribution in [1.82, 2.24) is 4.57 Å². The smallest absolute Gasteiger partial charge is 0.335 e. The van der Waals surface area contributed by atoms with Gasteiger partial charge in [-0.2, -0.15) is 0 Å². The van der Waals surface area contributed by atoms with Crippen LogP contribution in [-0.2, 0) is 30.3 Å². The fourth-order valence-corrected chi connectivity index (χ4v) is 3.77. The molecule has 0 fully saturated rings. The SMILES string of the molecule is CCCc1c(C(=O)C(C)C)c2ccc(C(=O)O)cc2n1Cc1ccccc1Cl.[Cr]. The van der Waals surface area contributed by atoms with E-state index in [2.05, 4.69) is 11.5 Å². The van der Waals surface area contributed by atoms with E-state index in [0.717, 1.165) is 35.0 Å². The molecular formula is C23H24ClCrNO3. The van der Waals surface area contributed by atoms with Crippen LogP contribution >= 0.6 is 11.6 Å². The number of hydrogen-bond donors (Lipinski definition) is 1. The van der Waals surface area contributed by atoms with Gasteiger partial charge in [-0.25, -0.2) is 4.79 Å². The number of carbonyl (C=O) groups excluding carboxylic acids is 1. The number of carboxylic acids is 1. The van der Waals surface area contributed by atoms with Crippen molar-refractivity contribution in [3.63, 3.8) is 0 Å². The van der Waals surface area contributed by atoms with Crippen molar-refractivity contribution in [2.45, 2.75) is 40.2 Å². The summed E-state index contributed by atoms with van der Waals surface area (Å²) in [7, 11) is 0. The first-order valence-electron chi connectivity index (χ1n) is 9.51. The van der Waals surface area contributed by atoms with Crippen LogP contribution in [0.2, 0.25) is 5.02 Å². The van der Waals surface area contributed by atoms with Crippen molar-refractivity contribution >= 4 is 34.3 Å². The molecule has 0 atom stereocenters. The zero-order valence-electron chi connectivity index (χ0n) is 16.7. The predicted molar refractivity (Wildman–Crippen MR) is 113 cm³/mol. The maximum atomic E-state index is 13.0. The molecule has 2 aromatic carbocycles. The molecule has 29 heavy (non-hydrogen) atoms. The third-order valence-corrected chi connectivity index (χ3v) is 5.33. The fourth-order valence-electron chi connectivity index (χ4n) is 3.57. The Hall–Kier alpha value is -2.06. The van der Waals surface area contributed by atoms with Crippen molar-refractivity contribution in [3.05, 3.63) is 69.9 Å². The van der Waals surface area contributed by atoms with Crippen LogP contribution < -0.4 is 0 Å². The minimum absolute atomic E-state index is 0. The van der Waals surface area contributed by atoms with E-state index < -0.39 is 5.97 Å². The molecule has 0 aliphatic rings. The van der Waals surface area contributed by atoms with Crippen LogP contribution in [0.1, 0.15) is 59.2 Å². The summed E-state index contributed by atoms with van der Waals surface area (Å²) in [6, 6.07) is 12.6. The summed E-state index contributed by atoms with van der Waals surface area (Å²) >= 11 is 6.38. The van der Waals surface area contributed by atoms with Gasteiger partial charge >= 0.3 is 5.97 Å². The van der Waals surface area contributed by atoms with Gasteiger partial charge in [-0.3, -0.25) is 4.79 Å². The molecule has 3 aromatic rings. The predicted octanol–water partition coefficient (Wildman–Crippen LogP) is 5.83. The molecule has 0 amide bonds. The minimum atomic E-state index is -0.985. The fraction of sp³-hybridized carbons (Fsp3) is 0.304. The molecule has 0 saturated carbocycles. The van der Waals surface area contributed by atoms with Crippen LogP contribution in [0.15, 0.2) is 42.5 Å². The summed E-state index contributed by atoms with van der Waals surface area (Å²) in [4.78, 5) is 24.6. The molecular weight excluding hydrogens is 426 g/mol. The molecule has 0 radical (unpaired) electrons. The molecule has 0 unspecified atom stereocenters. The molecule has 0 spiro atoms. The molecule has 1 N–H and O–H groups in total. The summed E-state index contributed by atoms with van der Waals surface area (Å²) in [6.07, 6.45) is 1.61. The van der Waals surface area contributed by atoms with E-state index in [1.54, 1.807) is 18.2 Å². The van der Waals surface area contributed by atoms with E-state index in [-0.39, 0.29) is 34.6 Å². The third kappa shape index (κ3) is 4.59. The molecule has 0 saturated heterocycles. The van der Waals surface area contributed by atoms with E-state index in [1.165, 1.54) is 0 Å². The molecule has 4 nitrogen and oxygen atoms in total. The maximum absolute atomic E-state index is 13.0. The Morgan fingerprint density at radius 1 is 1.14 bits per heavy atom. The molecule has 0 bridgehead atoms. The average molecular weight is 450 g/mol. The number of Topliss-reactive ketones (excluding diaryl/α,β-unsaturated/α-hetero) is 1. The summed E-state index contributed by atoms with van der Waals surface area (Å²) in [5.74, 6) is -1.05. The Kier molecular flexibility index (Phi) is 7.71. The number of carboxylic acid groups (broad SMARTS) is 1. The number of ketones is 1. The van der Waals surface area contributed by atoms with Gasteiger partial charge in [0.1, 0.15) is 0 Å². The van der Waals surface area contributed by atoms with Crippen molar-refractivity contribution in [1.29, 1.82) is 0 Å². The second kappa shape index (κ2) is 9.63. The summed E-state index contributed by atoms with van der Waals surface area (Å²) in [5, 5.41) is 10.9. The van der Waals surface area contributed by atoms with Gasteiger partial charge in [0.05, 0.1) is 11.1 Å². The van der Waals surface area contributed by atoms with Gasteiger partial charge < -0.3 is 9.67 Å². The first-order chi connectivity index (χ1) is 13.3. The van der Waals surface area contributed by atoms with Gasteiger partial charge in [0.15, 0.2) is 5.78 Å². The van der Waals surface area contributed by atoms with Gasteiger partial charge in [0, 0.05) is 51.5 Å². The van der Waals surface area contributed by atoms with Crippen LogP contribution in [0.5, 0.6) is 0 Å². The molecule has 0 aliphatic heterocycles. The normalized spacial score (nSPS) is 10.9. The van der Waals surface area contributed by atoms with Crippen LogP contribution in [-0.4, -0.2) is 21.4 Å². The van der Waals surface area contributed by atoms with Crippen LogP contribution in [0.4, 0.5) is 0 Å². The quantitative estimate of drug-likeness (QED) is 0.462. The number of nitrogens with zero attached hydrogens (tertiary/aromatic N) is 1. The number of fused-ring (bicyclic) bond motifs is 1. The van der Waals surface area contributed by atoms with E-state index in [9.17, 15) is 14.7 Å². The Balaban J connectivity index is 0.00000300. The van der Waals surface area contributed by atoms with Crippen molar-refractivity contribution in [3.8, 4) is 0 Å². The number of carbonyl (C=O) groups is 2. The Morgan fingerprint density at radius 2 is 1.83 bits per heavy atom. The topological polar surface area (TPSA) is 59.3 Å². The molecule has 152 valence electrons. The largest absolute Gasteiger partial charge is 0.478 e. The molecule has 3 rings (SSSR count). The number of halogens is 1. The van der Waals surface area contributed by atoms with Crippen LogP contribution in [0.25, 0.3) is 10.9 Å². The van der Waals surface area contributed by atoms with Gasteiger partial charge in [-0.15, -0.1) is 0 Å². The minimum Gasteiger partial charge on any atom is -0.478 e. The maximum Gasteiger partial charge on any atom is 0.335 e. The number of hydrogen-bond acceptors (Lipinski definition) is 2. The molecule has 0 aliphatic carbocycles. The van der Waals surface area contributed by atoms with Crippen LogP contribution in [0, 0.1) is 5.92 Å². The summed E-state index contributed by atoms with van der Waals surface area (Å²) in [6.45, 7) is 6.34. The molecule has 6 heteroatoms. The Bertz CT molecular complexity index is 1060. The summed E-state index contributed by atoms with van der Waals surface area (Å²) < 4.78 is 2.06. The number of benzene rings is 2. The summed E-state index contributed by atoms with van der Waals surface area (Å²) in [5.41, 5.74) is 3.54. The van der Waals surface area contributed by atoms with Crippen molar-refractivity contribution in [2.75, 3.05) is 0 Å². The number of rotatable bonds is 7. The first-order valence-corrected chi connectivity index (χ1v) is 9.89. The van der Waals surface area contributed by atoms with E-state index in [0.29, 0.717) is 17.1 Å². The molecule has 1 heterocycles. The number of aromatic nitrogens is 1. The number of aromatic carboxylic acids is 1. The van der Waals surface area contributed by atoms with Gasteiger partial charge in [-0.05, 0) is 30.2 Å². The van der Waals surface area contributed by atoms with Crippen molar-refractivity contribution < 1.29 is 32.1 Å². The van der Waals surface area contributed by atoms with Crippen molar-refractivity contribution in [2.24, 2.45) is 5.92 Å². The second-order valence-corrected chi connectivity index (χ2v) is 7.71. The van der Waals surface area contributed by atoms with E-state index in [1.807, 2.05) is 38.1 Å². The zero-order chi connectivity index (χ0) is 20.4. The third-order valence-electron chi connectivity index (χ3n) is 4.96.